The highest BCUT2D eigenvalue weighted by Crippen LogP contribution is 2.26. The van der Waals surface area contributed by atoms with Crippen molar-refractivity contribution in [2.24, 2.45) is 12.8 Å². The second kappa shape index (κ2) is 6.19. The molecule has 1 unspecified atom stereocenters. The van der Waals surface area contributed by atoms with Gasteiger partial charge in [-0.05, 0) is 18.7 Å². The van der Waals surface area contributed by atoms with Crippen molar-refractivity contribution >= 4 is 11.6 Å². The highest BCUT2D eigenvalue weighted by atomic mass is 35.5. The number of rotatable bonds is 5. The molecule has 0 aliphatic rings. The Morgan fingerprint density at radius 3 is 2.74 bits per heavy atom. The van der Waals surface area contributed by atoms with Crippen LogP contribution in [0.25, 0.3) is 0 Å². The summed E-state index contributed by atoms with van der Waals surface area (Å²) in [6.45, 7) is 1.32. The maximum absolute atomic E-state index is 6.25. The largest absolute Gasteiger partial charge is 0.329 e. The van der Waals surface area contributed by atoms with Crippen molar-refractivity contribution in [2.75, 3.05) is 13.6 Å². The van der Waals surface area contributed by atoms with Gasteiger partial charge in [-0.1, -0.05) is 29.8 Å². The molecule has 1 aromatic heterocycles. The first-order valence-electron chi connectivity index (χ1n) is 6.24. The number of hydrogen-bond acceptors (Lipinski definition) is 3. The highest BCUT2D eigenvalue weighted by Gasteiger charge is 2.18. The van der Waals surface area contributed by atoms with Crippen LogP contribution in [0.1, 0.15) is 17.2 Å². The number of hydrogen-bond donors (Lipinski definition) is 1. The molecule has 1 heterocycles. The van der Waals surface area contributed by atoms with E-state index in [4.69, 9.17) is 17.3 Å². The van der Waals surface area contributed by atoms with E-state index in [1.807, 2.05) is 50.8 Å². The zero-order valence-electron chi connectivity index (χ0n) is 11.3. The quantitative estimate of drug-likeness (QED) is 0.912. The number of benzene rings is 1. The van der Waals surface area contributed by atoms with Gasteiger partial charge in [-0.15, -0.1) is 0 Å². The zero-order chi connectivity index (χ0) is 13.8. The van der Waals surface area contributed by atoms with Crippen molar-refractivity contribution in [3.8, 4) is 0 Å². The lowest BCUT2D eigenvalue weighted by atomic mass is 10.1. The van der Waals surface area contributed by atoms with Crippen LogP contribution < -0.4 is 5.73 Å². The lowest BCUT2D eigenvalue weighted by molar-refractivity contribution is 0.242. The second-order valence-corrected chi connectivity index (χ2v) is 5.12. The molecular weight excluding hydrogens is 260 g/mol. The highest BCUT2D eigenvalue weighted by molar-refractivity contribution is 6.31. The Kier molecular flexibility index (Phi) is 4.58. The van der Waals surface area contributed by atoms with Crippen LogP contribution in [0.15, 0.2) is 36.7 Å². The van der Waals surface area contributed by atoms with Crippen LogP contribution in [0, 0.1) is 0 Å². The van der Waals surface area contributed by atoms with E-state index in [2.05, 4.69) is 10.00 Å². The van der Waals surface area contributed by atoms with E-state index >= 15 is 0 Å². The van der Waals surface area contributed by atoms with Crippen molar-refractivity contribution in [3.63, 3.8) is 0 Å². The molecule has 0 spiro atoms. The lowest BCUT2D eigenvalue weighted by Crippen LogP contribution is -2.30. The van der Waals surface area contributed by atoms with Gasteiger partial charge < -0.3 is 5.73 Å². The van der Waals surface area contributed by atoms with Crippen LogP contribution in [0.2, 0.25) is 5.02 Å². The first-order valence-corrected chi connectivity index (χ1v) is 6.62. The lowest BCUT2D eigenvalue weighted by Gasteiger charge is -2.27. The van der Waals surface area contributed by atoms with Gasteiger partial charge in [-0.25, -0.2) is 0 Å². The maximum atomic E-state index is 6.25. The summed E-state index contributed by atoms with van der Waals surface area (Å²) in [6, 6.07) is 7.95. The molecular formula is C14H19ClN4. The van der Waals surface area contributed by atoms with Crippen LogP contribution in [0.5, 0.6) is 0 Å². The predicted molar refractivity (Wildman–Crippen MR) is 77.9 cm³/mol. The van der Waals surface area contributed by atoms with Crippen LogP contribution in [-0.2, 0) is 13.6 Å². The Hall–Kier alpha value is -1.36. The Morgan fingerprint density at radius 2 is 2.16 bits per heavy atom. The SMILES string of the molecule is CN(Cc1cnn(C)c1)C(CN)c1ccccc1Cl. The van der Waals surface area contributed by atoms with E-state index < -0.39 is 0 Å². The molecule has 0 radical (unpaired) electrons. The van der Waals surface area contributed by atoms with Gasteiger partial charge in [0, 0.05) is 43.0 Å². The Balaban J connectivity index is 2.15. The van der Waals surface area contributed by atoms with E-state index in [9.17, 15) is 0 Å². The molecule has 2 aromatic rings. The molecule has 0 saturated carbocycles. The van der Waals surface area contributed by atoms with E-state index in [1.54, 1.807) is 4.68 Å². The van der Waals surface area contributed by atoms with Crippen LogP contribution in [0.3, 0.4) is 0 Å². The van der Waals surface area contributed by atoms with Crippen molar-refractivity contribution < 1.29 is 0 Å². The van der Waals surface area contributed by atoms with Gasteiger partial charge in [0.2, 0.25) is 0 Å². The summed E-state index contributed by atoms with van der Waals surface area (Å²) >= 11 is 6.25. The molecule has 5 heteroatoms. The number of halogens is 1. The van der Waals surface area contributed by atoms with Crippen LogP contribution >= 0.6 is 11.6 Å². The van der Waals surface area contributed by atoms with Crippen molar-refractivity contribution in [2.45, 2.75) is 12.6 Å². The molecule has 1 atom stereocenters. The average molecular weight is 279 g/mol. The summed E-state index contributed by atoms with van der Waals surface area (Å²) < 4.78 is 1.80. The molecule has 0 fully saturated rings. The minimum absolute atomic E-state index is 0.105. The summed E-state index contributed by atoms with van der Waals surface area (Å²) in [5, 5.41) is 4.94. The summed E-state index contributed by atoms with van der Waals surface area (Å²) in [5.41, 5.74) is 8.14. The third-order valence-corrected chi connectivity index (χ3v) is 3.55. The van der Waals surface area contributed by atoms with Crippen molar-refractivity contribution in [1.29, 1.82) is 0 Å². The third-order valence-electron chi connectivity index (χ3n) is 3.21. The standard InChI is InChI=1S/C14H19ClN4/c1-18(9-11-8-17-19(2)10-11)14(7-16)12-5-3-4-6-13(12)15/h3-6,8,10,14H,7,9,16H2,1-2H3. The summed E-state index contributed by atoms with van der Waals surface area (Å²) in [6.07, 6.45) is 3.88. The fourth-order valence-corrected chi connectivity index (χ4v) is 2.50. The Morgan fingerprint density at radius 1 is 1.42 bits per heavy atom. The van der Waals surface area contributed by atoms with Gasteiger partial charge in [-0.3, -0.25) is 9.58 Å². The first-order chi connectivity index (χ1) is 9.11. The molecule has 0 amide bonds. The van der Waals surface area contributed by atoms with Crippen LogP contribution in [-0.4, -0.2) is 28.3 Å². The topological polar surface area (TPSA) is 47.1 Å². The molecule has 1 aromatic carbocycles. The number of nitrogens with two attached hydrogens (primary N) is 1. The van der Waals surface area contributed by atoms with Crippen LogP contribution in [0.4, 0.5) is 0 Å². The fourth-order valence-electron chi connectivity index (χ4n) is 2.24. The summed E-state index contributed by atoms with van der Waals surface area (Å²) in [7, 11) is 3.96. The number of aromatic nitrogens is 2. The molecule has 4 nitrogen and oxygen atoms in total. The molecule has 2 N–H and O–H groups in total. The van der Waals surface area contributed by atoms with Crippen molar-refractivity contribution in [3.05, 3.63) is 52.8 Å². The first kappa shape index (κ1) is 14.1. The second-order valence-electron chi connectivity index (χ2n) is 4.71. The van der Waals surface area contributed by atoms with Crippen molar-refractivity contribution in [1.82, 2.24) is 14.7 Å². The summed E-state index contributed by atoms with van der Waals surface area (Å²) in [4.78, 5) is 2.19. The monoisotopic (exact) mass is 278 g/mol. The molecule has 0 bridgehead atoms. The van der Waals surface area contributed by atoms with Gasteiger partial charge in [-0.2, -0.15) is 5.10 Å². The van der Waals surface area contributed by atoms with Gasteiger partial charge in [0.25, 0.3) is 0 Å². The Bertz CT molecular complexity index is 538. The number of nitrogens with zero attached hydrogens (tertiary/aromatic N) is 3. The third kappa shape index (κ3) is 3.35. The number of likely N-dealkylation sites (N-methyl/N-ethyl adjacent to an activating group) is 1. The average Bonchev–Trinajstić information content (AvgIpc) is 2.78. The zero-order valence-corrected chi connectivity index (χ0v) is 12.0. The van der Waals surface area contributed by atoms with E-state index in [0.717, 1.165) is 22.7 Å². The molecule has 0 aliphatic heterocycles. The molecule has 0 aliphatic carbocycles. The Labute approximate surface area is 118 Å². The normalized spacial score (nSPS) is 12.9. The molecule has 0 saturated heterocycles. The van der Waals surface area contributed by atoms with E-state index in [0.29, 0.717) is 6.54 Å². The summed E-state index contributed by atoms with van der Waals surface area (Å²) in [5.74, 6) is 0. The van der Waals surface area contributed by atoms with Gasteiger partial charge in [0.1, 0.15) is 0 Å². The molecule has 2 rings (SSSR count). The predicted octanol–water partition coefficient (Wildman–Crippen LogP) is 2.21. The van der Waals surface area contributed by atoms with Gasteiger partial charge in [0.05, 0.1) is 6.20 Å². The maximum Gasteiger partial charge on any atom is 0.0534 e. The van der Waals surface area contributed by atoms with E-state index in [-0.39, 0.29) is 6.04 Å². The minimum Gasteiger partial charge on any atom is -0.329 e. The molecule has 102 valence electrons. The fraction of sp³-hybridized carbons (Fsp3) is 0.357. The van der Waals surface area contributed by atoms with Gasteiger partial charge >= 0.3 is 0 Å². The number of aryl methyl sites for hydroxylation is 1. The van der Waals surface area contributed by atoms with Gasteiger partial charge in [0.15, 0.2) is 0 Å². The van der Waals surface area contributed by atoms with E-state index in [1.165, 1.54) is 0 Å². The molecule has 19 heavy (non-hydrogen) atoms. The minimum atomic E-state index is 0.105. The smallest absolute Gasteiger partial charge is 0.0534 e.